The second-order valence-corrected chi connectivity index (χ2v) is 5.41. The minimum Gasteiger partial charge on any atom is -0.481 e. The second-order valence-electron chi connectivity index (χ2n) is 5.41. The summed E-state index contributed by atoms with van der Waals surface area (Å²) < 4.78 is 5.44. The molecule has 102 valence electrons. The van der Waals surface area contributed by atoms with Gasteiger partial charge < -0.3 is 15.2 Å². The Bertz CT molecular complexity index is 331. The van der Waals surface area contributed by atoms with E-state index in [2.05, 4.69) is 5.32 Å². The third-order valence-electron chi connectivity index (χ3n) is 4.22. The van der Waals surface area contributed by atoms with E-state index >= 15 is 0 Å². The lowest BCUT2D eigenvalue weighted by Crippen LogP contribution is -2.35. The fourth-order valence-electron chi connectivity index (χ4n) is 2.86. The summed E-state index contributed by atoms with van der Waals surface area (Å²) >= 11 is 0. The number of aliphatic carboxylic acids is 1. The molecule has 4 unspecified atom stereocenters. The molecular formula is C13H21NO4. The van der Waals surface area contributed by atoms with Crippen molar-refractivity contribution in [3.8, 4) is 0 Å². The van der Waals surface area contributed by atoms with Crippen molar-refractivity contribution in [2.24, 2.45) is 17.8 Å². The molecule has 0 aromatic rings. The lowest BCUT2D eigenvalue weighted by Gasteiger charge is -2.16. The number of carboxylic acids is 1. The third kappa shape index (κ3) is 3.02. The molecule has 2 N–H and O–H groups in total. The molecule has 1 aliphatic heterocycles. The van der Waals surface area contributed by atoms with Crippen molar-refractivity contribution in [3.63, 3.8) is 0 Å². The van der Waals surface area contributed by atoms with E-state index < -0.39 is 5.97 Å². The van der Waals surface area contributed by atoms with Crippen LogP contribution in [0.25, 0.3) is 0 Å². The van der Waals surface area contributed by atoms with Crippen molar-refractivity contribution < 1.29 is 19.4 Å². The molecule has 2 aliphatic rings. The molecule has 2 fully saturated rings. The van der Waals surface area contributed by atoms with Gasteiger partial charge in [0.2, 0.25) is 5.91 Å². The lowest BCUT2D eigenvalue weighted by atomic mass is 10.0. The van der Waals surface area contributed by atoms with Gasteiger partial charge in [0.15, 0.2) is 0 Å². The van der Waals surface area contributed by atoms with Crippen LogP contribution in [-0.2, 0) is 14.3 Å². The zero-order valence-electron chi connectivity index (χ0n) is 10.7. The second kappa shape index (κ2) is 5.69. The monoisotopic (exact) mass is 255 g/mol. The third-order valence-corrected chi connectivity index (χ3v) is 4.22. The maximum absolute atomic E-state index is 11.9. The zero-order chi connectivity index (χ0) is 13.1. The highest BCUT2D eigenvalue weighted by atomic mass is 16.5. The molecule has 5 heteroatoms. The lowest BCUT2D eigenvalue weighted by molar-refractivity contribution is -0.141. The van der Waals surface area contributed by atoms with Gasteiger partial charge in [0.05, 0.1) is 12.0 Å². The minimum atomic E-state index is -0.775. The fourth-order valence-corrected chi connectivity index (χ4v) is 2.86. The molecule has 18 heavy (non-hydrogen) atoms. The van der Waals surface area contributed by atoms with E-state index in [1.54, 1.807) is 0 Å². The Labute approximate surface area is 107 Å². The Hall–Kier alpha value is -1.10. The summed E-state index contributed by atoms with van der Waals surface area (Å²) in [5.41, 5.74) is 0. The van der Waals surface area contributed by atoms with Gasteiger partial charge in [-0.25, -0.2) is 0 Å². The van der Waals surface area contributed by atoms with Crippen LogP contribution in [0, 0.1) is 17.8 Å². The van der Waals surface area contributed by atoms with Gasteiger partial charge in [-0.15, -0.1) is 0 Å². The zero-order valence-corrected chi connectivity index (χ0v) is 10.7. The SMILES string of the molecule is CC1OCCC1CNC(=O)C1CCC(C(=O)O)C1. The summed E-state index contributed by atoms with van der Waals surface area (Å²) in [5.74, 6) is -0.829. The molecule has 1 heterocycles. The van der Waals surface area contributed by atoms with Gasteiger partial charge >= 0.3 is 5.97 Å². The van der Waals surface area contributed by atoms with Crippen molar-refractivity contribution in [3.05, 3.63) is 0 Å². The molecular weight excluding hydrogens is 234 g/mol. The maximum atomic E-state index is 11.9. The number of carbonyl (C=O) groups is 2. The first-order chi connectivity index (χ1) is 8.58. The Morgan fingerprint density at radius 3 is 2.56 bits per heavy atom. The van der Waals surface area contributed by atoms with Crippen LogP contribution in [-0.4, -0.2) is 36.2 Å². The normalized spacial score (nSPS) is 35.6. The molecule has 0 radical (unpaired) electrons. The molecule has 0 bridgehead atoms. The topological polar surface area (TPSA) is 75.6 Å². The van der Waals surface area contributed by atoms with E-state index in [-0.39, 0.29) is 23.8 Å². The number of amides is 1. The largest absolute Gasteiger partial charge is 0.481 e. The fraction of sp³-hybridized carbons (Fsp3) is 0.846. The number of carbonyl (C=O) groups excluding carboxylic acids is 1. The molecule has 1 aliphatic carbocycles. The highest BCUT2D eigenvalue weighted by molar-refractivity contribution is 5.80. The summed E-state index contributed by atoms with van der Waals surface area (Å²) in [4.78, 5) is 22.8. The van der Waals surface area contributed by atoms with Gasteiger partial charge in [-0.05, 0) is 32.6 Å². The van der Waals surface area contributed by atoms with Crippen molar-refractivity contribution in [2.45, 2.75) is 38.7 Å². The molecule has 1 amide bonds. The first-order valence-electron chi connectivity index (χ1n) is 6.70. The molecule has 0 aromatic carbocycles. The maximum Gasteiger partial charge on any atom is 0.306 e. The Kier molecular flexibility index (Phi) is 4.22. The minimum absolute atomic E-state index is 0.0119. The molecule has 2 rings (SSSR count). The summed E-state index contributed by atoms with van der Waals surface area (Å²) in [6, 6.07) is 0. The molecule has 1 saturated carbocycles. The van der Waals surface area contributed by atoms with Crippen LogP contribution >= 0.6 is 0 Å². The Morgan fingerprint density at radius 2 is 2.00 bits per heavy atom. The van der Waals surface area contributed by atoms with Crippen LogP contribution in [0.3, 0.4) is 0 Å². The molecule has 0 aromatic heterocycles. The smallest absolute Gasteiger partial charge is 0.306 e. The highest BCUT2D eigenvalue weighted by Crippen LogP contribution is 2.31. The van der Waals surface area contributed by atoms with E-state index in [0.717, 1.165) is 13.0 Å². The predicted octanol–water partition coefficient (Wildman–Crippen LogP) is 1.03. The summed E-state index contributed by atoms with van der Waals surface area (Å²) in [6.07, 6.45) is 3.00. The number of hydrogen-bond donors (Lipinski definition) is 2. The number of hydrogen-bond acceptors (Lipinski definition) is 3. The van der Waals surface area contributed by atoms with Crippen LogP contribution in [0.2, 0.25) is 0 Å². The summed E-state index contributed by atoms with van der Waals surface area (Å²) in [5, 5.41) is 11.8. The van der Waals surface area contributed by atoms with Crippen LogP contribution in [0.5, 0.6) is 0 Å². The molecule has 0 spiro atoms. The number of nitrogens with one attached hydrogen (secondary N) is 1. The van der Waals surface area contributed by atoms with E-state index in [0.29, 0.717) is 31.7 Å². The van der Waals surface area contributed by atoms with Gasteiger partial charge in [0.1, 0.15) is 0 Å². The number of rotatable bonds is 4. The van der Waals surface area contributed by atoms with E-state index in [4.69, 9.17) is 9.84 Å². The average Bonchev–Trinajstić information content (AvgIpc) is 2.94. The molecule has 4 atom stereocenters. The van der Waals surface area contributed by atoms with Gasteiger partial charge in [-0.3, -0.25) is 9.59 Å². The first-order valence-corrected chi connectivity index (χ1v) is 6.70. The van der Waals surface area contributed by atoms with Gasteiger partial charge in [0, 0.05) is 25.0 Å². The standard InChI is InChI=1S/C13H21NO4/c1-8-11(4-5-18-8)7-14-12(15)9-2-3-10(6-9)13(16)17/h8-11H,2-7H2,1H3,(H,14,15)(H,16,17). The van der Waals surface area contributed by atoms with E-state index in [9.17, 15) is 9.59 Å². The Balaban J connectivity index is 1.74. The van der Waals surface area contributed by atoms with E-state index in [1.165, 1.54) is 0 Å². The Morgan fingerprint density at radius 1 is 1.28 bits per heavy atom. The summed E-state index contributed by atoms with van der Waals surface area (Å²) in [7, 11) is 0. The van der Waals surface area contributed by atoms with Crippen molar-refractivity contribution in [1.29, 1.82) is 0 Å². The van der Waals surface area contributed by atoms with Gasteiger partial charge in [0.25, 0.3) is 0 Å². The number of ether oxygens (including phenoxy) is 1. The molecule has 5 nitrogen and oxygen atoms in total. The van der Waals surface area contributed by atoms with Crippen LogP contribution in [0.1, 0.15) is 32.6 Å². The highest BCUT2D eigenvalue weighted by Gasteiger charge is 2.34. The van der Waals surface area contributed by atoms with Crippen molar-refractivity contribution >= 4 is 11.9 Å². The van der Waals surface area contributed by atoms with Crippen molar-refractivity contribution in [1.82, 2.24) is 5.32 Å². The quantitative estimate of drug-likeness (QED) is 0.786. The van der Waals surface area contributed by atoms with Crippen LogP contribution < -0.4 is 5.32 Å². The van der Waals surface area contributed by atoms with Gasteiger partial charge in [-0.2, -0.15) is 0 Å². The van der Waals surface area contributed by atoms with Crippen LogP contribution in [0.4, 0.5) is 0 Å². The average molecular weight is 255 g/mol. The predicted molar refractivity (Wildman–Crippen MR) is 65.0 cm³/mol. The van der Waals surface area contributed by atoms with Crippen LogP contribution in [0.15, 0.2) is 0 Å². The van der Waals surface area contributed by atoms with Gasteiger partial charge in [-0.1, -0.05) is 0 Å². The molecule has 1 saturated heterocycles. The first kappa shape index (κ1) is 13.3. The number of carboxylic acid groups (broad SMARTS) is 1. The van der Waals surface area contributed by atoms with Crippen molar-refractivity contribution in [2.75, 3.05) is 13.2 Å². The summed E-state index contributed by atoms with van der Waals surface area (Å²) in [6.45, 7) is 3.44. The van der Waals surface area contributed by atoms with E-state index in [1.807, 2.05) is 6.92 Å².